The Morgan fingerprint density at radius 3 is 2.27 bits per heavy atom. The molecule has 1 heterocycles. The summed E-state index contributed by atoms with van der Waals surface area (Å²) >= 11 is 0. The van der Waals surface area contributed by atoms with E-state index in [2.05, 4.69) is 50.4 Å². The highest BCUT2D eigenvalue weighted by Gasteiger charge is 2.21. The molecule has 1 amide bonds. The van der Waals surface area contributed by atoms with Crippen LogP contribution in [0.25, 0.3) is 0 Å². The summed E-state index contributed by atoms with van der Waals surface area (Å²) in [5.74, 6) is 1.66. The molecular weight excluding hydrogens is 274 g/mol. The topological polar surface area (TPSA) is 42.2 Å². The van der Waals surface area contributed by atoms with Gasteiger partial charge in [0.25, 0.3) is 5.91 Å². The molecule has 3 heteroatoms. The van der Waals surface area contributed by atoms with Gasteiger partial charge in [0.05, 0.1) is 11.6 Å². The Morgan fingerprint density at radius 1 is 1.18 bits per heavy atom. The third-order valence-corrected chi connectivity index (χ3v) is 3.99. The number of benzene rings is 1. The molecule has 118 valence electrons. The molecule has 1 unspecified atom stereocenters. The second-order valence-corrected chi connectivity index (χ2v) is 6.12. The van der Waals surface area contributed by atoms with Gasteiger partial charge in [-0.25, -0.2) is 0 Å². The zero-order valence-electron chi connectivity index (χ0n) is 14.1. The third kappa shape index (κ3) is 3.59. The van der Waals surface area contributed by atoms with E-state index in [-0.39, 0.29) is 11.9 Å². The van der Waals surface area contributed by atoms with E-state index in [4.69, 9.17) is 4.42 Å². The number of carbonyl (C=O) groups is 1. The van der Waals surface area contributed by atoms with Crippen molar-refractivity contribution in [3.63, 3.8) is 0 Å². The first-order valence-corrected chi connectivity index (χ1v) is 7.89. The van der Waals surface area contributed by atoms with E-state index in [1.807, 2.05) is 13.8 Å². The Morgan fingerprint density at radius 2 is 1.82 bits per heavy atom. The van der Waals surface area contributed by atoms with Crippen molar-refractivity contribution in [2.45, 2.75) is 47.1 Å². The number of aryl methyl sites for hydroxylation is 3. The lowest BCUT2D eigenvalue weighted by molar-refractivity contribution is 0.0924. The van der Waals surface area contributed by atoms with E-state index >= 15 is 0 Å². The maximum absolute atomic E-state index is 12.5. The van der Waals surface area contributed by atoms with Gasteiger partial charge in [0.2, 0.25) is 0 Å². The lowest BCUT2D eigenvalue weighted by atomic mass is 9.94. The van der Waals surface area contributed by atoms with Gasteiger partial charge in [-0.15, -0.1) is 0 Å². The standard InChI is InChI=1S/C19H25NO2/c1-6-15-7-9-16(10-8-15)18(12(2)3)20-19(21)17-11-13(4)22-14(17)5/h7-12,18H,6H2,1-5H3,(H,20,21). The van der Waals surface area contributed by atoms with Crippen molar-refractivity contribution in [2.24, 2.45) is 5.92 Å². The number of amides is 1. The molecule has 0 saturated carbocycles. The molecule has 0 radical (unpaired) electrons. The first kappa shape index (κ1) is 16.3. The molecule has 1 aromatic heterocycles. The highest BCUT2D eigenvalue weighted by molar-refractivity contribution is 5.95. The van der Waals surface area contributed by atoms with Crippen LogP contribution in [0, 0.1) is 19.8 Å². The highest BCUT2D eigenvalue weighted by atomic mass is 16.3. The molecule has 0 aliphatic carbocycles. The number of furan rings is 1. The maximum Gasteiger partial charge on any atom is 0.255 e. The minimum Gasteiger partial charge on any atom is -0.466 e. The summed E-state index contributed by atoms with van der Waals surface area (Å²) in [4.78, 5) is 12.5. The minimum absolute atomic E-state index is 0.00647. The van der Waals surface area contributed by atoms with Crippen molar-refractivity contribution >= 4 is 5.91 Å². The van der Waals surface area contributed by atoms with Crippen LogP contribution in [0.1, 0.15) is 59.8 Å². The van der Waals surface area contributed by atoms with E-state index in [9.17, 15) is 4.79 Å². The molecule has 0 aliphatic rings. The first-order valence-electron chi connectivity index (χ1n) is 7.89. The Balaban J connectivity index is 2.21. The summed E-state index contributed by atoms with van der Waals surface area (Å²) in [6, 6.07) is 10.3. The highest BCUT2D eigenvalue weighted by Crippen LogP contribution is 2.24. The monoisotopic (exact) mass is 299 g/mol. The van der Waals surface area contributed by atoms with Crippen LogP contribution < -0.4 is 5.32 Å². The molecule has 0 bridgehead atoms. The van der Waals surface area contributed by atoms with Gasteiger partial charge in [-0.1, -0.05) is 45.0 Å². The van der Waals surface area contributed by atoms with Gasteiger partial charge in [-0.2, -0.15) is 0 Å². The molecule has 0 fully saturated rings. The number of hydrogen-bond acceptors (Lipinski definition) is 2. The van der Waals surface area contributed by atoms with E-state index < -0.39 is 0 Å². The van der Waals surface area contributed by atoms with Crippen LogP contribution in [0.4, 0.5) is 0 Å². The largest absolute Gasteiger partial charge is 0.466 e. The van der Waals surface area contributed by atoms with Gasteiger partial charge in [-0.3, -0.25) is 4.79 Å². The molecule has 1 N–H and O–H groups in total. The fraction of sp³-hybridized carbons (Fsp3) is 0.421. The quantitative estimate of drug-likeness (QED) is 0.877. The van der Waals surface area contributed by atoms with Crippen LogP contribution in [0.5, 0.6) is 0 Å². The molecule has 2 aromatic rings. The third-order valence-electron chi connectivity index (χ3n) is 3.99. The molecular formula is C19H25NO2. The summed E-state index contributed by atoms with van der Waals surface area (Å²) in [6.45, 7) is 10.1. The average molecular weight is 299 g/mol. The summed E-state index contributed by atoms with van der Waals surface area (Å²) < 4.78 is 5.45. The summed E-state index contributed by atoms with van der Waals surface area (Å²) in [6.07, 6.45) is 1.02. The van der Waals surface area contributed by atoms with Gasteiger partial charge >= 0.3 is 0 Å². The van der Waals surface area contributed by atoms with Crippen LogP contribution in [-0.4, -0.2) is 5.91 Å². The second kappa shape index (κ2) is 6.82. The predicted octanol–water partition coefficient (Wildman–Crippen LogP) is 4.59. The van der Waals surface area contributed by atoms with E-state index in [0.717, 1.165) is 17.7 Å². The van der Waals surface area contributed by atoms with Crippen LogP contribution in [0.2, 0.25) is 0 Å². The van der Waals surface area contributed by atoms with E-state index in [0.29, 0.717) is 17.2 Å². The van der Waals surface area contributed by atoms with Crippen LogP contribution >= 0.6 is 0 Å². The van der Waals surface area contributed by atoms with Crippen LogP contribution in [0.15, 0.2) is 34.7 Å². The Bertz CT molecular complexity index is 638. The number of carbonyl (C=O) groups excluding carboxylic acids is 1. The van der Waals surface area contributed by atoms with Crippen LogP contribution in [-0.2, 0) is 6.42 Å². The van der Waals surface area contributed by atoms with Gasteiger partial charge < -0.3 is 9.73 Å². The second-order valence-electron chi connectivity index (χ2n) is 6.12. The summed E-state index contributed by atoms with van der Waals surface area (Å²) in [7, 11) is 0. The van der Waals surface area contributed by atoms with Crippen molar-refractivity contribution in [3.8, 4) is 0 Å². The van der Waals surface area contributed by atoms with Crippen molar-refractivity contribution in [1.82, 2.24) is 5.32 Å². The minimum atomic E-state index is -0.0763. The zero-order valence-corrected chi connectivity index (χ0v) is 14.1. The molecule has 2 rings (SSSR count). The fourth-order valence-electron chi connectivity index (χ4n) is 2.67. The Labute approximate surface area is 132 Å². The fourth-order valence-corrected chi connectivity index (χ4v) is 2.67. The molecule has 1 atom stereocenters. The lowest BCUT2D eigenvalue weighted by Gasteiger charge is -2.23. The number of rotatable bonds is 5. The van der Waals surface area contributed by atoms with Gasteiger partial charge in [0, 0.05) is 0 Å². The zero-order chi connectivity index (χ0) is 16.3. The number of hydrogen-bond donors (Lipinski definition) is 1. The van der Waals surface area contributed by atoms with Crippen molar-refractivity contribution < 1.29 is 9.21 Å². The average Bonchev–Trinajstić information content (AvgIpc) is 2.83. The summed E-state index contributed by atoms with van der Waals surface area (Å²) in [5.41, 5.74) is 3.06. The van der Waals surface area contributed by atoms with Gasteiger partial charge in [-0.05, 0) is 43.4 Å². The molecule has 3 nitrogen and oxygen atoms in total. The van der Waals surface area contributed by atoms with E-state index in [1.54, 1.807) is 6.07 Å². The van der Waals surface area contributed by atoms with Crippen LogP contribution in [0.3, 0.4) is 0 Å². The van der Waals surface area contributed by atoms with E-state index in [1.165, 1.54) is 5.56 Å². The Hall–Kier alpha value is -2.03. The predicted molar refractivity (Wildman–Crippen MR) is 89.0 cm³/mol. The molecule has 1 aromatic carbocycles. The maximum atomic E-state index is 12.5. The normalized spacial score (nSPS) is 12.5. The molecule has 0 aliphatic heterocycles. The van der Waals surface area contributed by atoms with Gasteiger partial charge in [0.1, 0.15) is 11.5 Å². The molecule has 22 heavy (non-hydrogen) atoms. The van der Waals surface area contributed by atoms with Crippen molar-refractivity contribution in [3.05, 3.63) is 58.5 Å². The SMILES string of the molecule is CCc1ccc(C(NC(=O)c2cc(C)oc2C)C(C)C)cc1. The number of nitrogens with one attached hydrogen (secondary N) is 1. The van der Waals surface area contributed by atoms with Gasteiger partial charge in [0.15, 0.2) is 0 Å². The van der Waals surface area contributed by atoms with Crippen molar-refractivity contribution in [1.29, 1.82) is 0 Å². The lowest BCUT2D eigenvalue weighted by Crippen LogP contribution is -2.31. The smallest absolute Gasteiger partial charge is 0.255 e. The molecule has 0 saturated heterocycles. The Kier molecular flexibility index (Phi) is 5.07. The summed E-state index contributed by atoms with van der Waals surface area (Å²) in [5, 5.41) is 3.14. The molecule has 0 spiro atoms. The first-order chi connectivity index (χ1) is 10.4. The van der Waals surface area contributed by atoms with Crippen molar-refractivity contribution in [2.75, 3.05) is 0 Å².